The molecule has 3 N–H and O–H groups in total. The van der Waals surface area contributed by atoms with Gasteiger partial charge < -0.3 is 5.73 Å². The fraction of sp³-hybridized carbons (Fsp3) is 0.500. The minimum atomic E-state index is -3.59. The van der Waals surface area contributed by atoms with E-state index in [4.69, 9.17) is 17.3 Å². The Morgan fingerprint density at radius 3 is 2.74 bits per heavy atom. The van der Waals surface area contributed by atoms with Gasteiger partial charge in [-0.2, -0.15) is 11.8 Å². The molecule has 0 aliphatic carbocycles. The molecule has 7 heteroatoms. The van der Waals surface area contributed by atoms with Crippen molar-refractivity contribution in [2.24, 2.45) is 0 Å². The van der Waals surface area contributed by atoms with Crippen LogP contribution in [0.25, 0.3) is 0 Å². The van der Waals surface area contributed by atoms with E-state index in [0.29, 0.717) is 5.02 Å². The van der Waals surface area contributed by atoms with Gasteiger partial charge in [-0.25, -0.2) is 13.1 Å². The summed E-state index contributed by atoms with van der Waals surface area (Å²) in [6.07, 6.45) is 0.783. The molecule has 0 spiro atoms. The van der Waals surface area contributed by atoms with Gasteiger partial charge in [0, 0.05) is 11.1 Å². The van der Waals surface area contributed by atoms with E-state index in [1.807, 2.05) is 6.92 Å². The quantitative estimate of drug-likeness (QED) is 0.598. The molecule has 108 valence electrons. The molecule has 0 amide bonds. The number of rotatable bonds is 7. The number of hydrogen-bond donors (Lipinski definition) is 2. The van der Waals surface area contributed by atoms with E-state index >= 15 is 0 Å². The summed E-state index contributed by atoms with van der Waals surface area (Å²) in [5, 5.41) is 0.420. The fourth-order valence-corrected chi connectivity index (χ4v) is 3.94. The van der Waals surface area contributed by atoms with Crippen LogP contribution in [0.2, 0.25) is 5.02 Å². The highest BCUT2D eigenvalue weighted by Crippen LogP contribution is 2.22. The van der Waals surface area contributed by atoms with Crippen LogP contribution in [0.4, 0.5) is 5.69 Å². The van der Waals surface area contributed by atoms with Crippen molar-refractivity contribution in [1.29, 1.82) is 0 Å². The van der Waals surface area contributed by atoms with Crippen LogP contribution < -0.4 is 10.5 Å². The third kappa shape index (κ3) is 5.22. The molecule has 0 aromatic heterocycles. The average Bonchev–Trinajstić information content (AvgIpc) is 2.27. The Morgan fingerprint density at radius 2 is 2.16 bits per heavy atom. The lowest BCUT2D eigenvalue weighted by Crippen LogP contribution is -2.33. The highest BCUT2D eigenvalue weighted by molar-refractivity contribution is 7.99. The zero-order valence-corrected chi connectivity index (χ0v) is 13.4. The van der Waals surface area contributed by atoms with Crippen molar-refractivity contribution in [3.63, 3.8) is 0 Å². The molecule has 1 aromatic rings. The van der Waals surface area contributed by atoms with Crippen LogP contribution in [-0.2, 0) is 10.0 Å². The van der Waals surface area contributed by atoms with Crippen molar-refractivity contribution < 1.29 is 8.42 Å². The average molecular weight is 323 g/mol. The first-order chi connectivity index (χ1) is 8.86. The number of nitrogen functional groups attached to an aromatic ring is 1. The molecule has 0 fully saturated rings. The van der Waals surface area contributed by atoms with Gasteiger partial charge in [-0.15, -0.1) is 0 Å². The third-order valence-corrected chi connectivity index (χ3v) is 5.35. The van der Waals surface area contributed by atoms with Crippen molar-refractivity contribution in [3.05, 3.63) is 23.2 Å². The molecular weight excluding hydrogens is 304 g/mol. The summed E-state index contributed by atoms with van der Waals surface area (Å²) in [6.45, 7) is 3.92. The van der Waals surface area contributed by atoms with Gasteiger partial charge in [0.25, 0.3) is 0 Å². The van der Waals surface area contributed by atoms with Crippen molar-refractivity contribution in [1.82, 2.24) is 4.72 Å². The predicted molar refractivity (Wildman–Crippen MR) is 83.3 cm³/mol. The van der Waals surface area contributed by atoms with E-state index in [-0.39, 0.29) is 16.6 Å². The number of nitrogens with two attached hydrogens (primary N) is 1. The Bertz CT molecular complexity index is 520. The molecule has 0 aliphatic rings. The summed E-state index contributed by atoms with van der Waals surface area (Å²) in [5.74, 6) is 1.96. The van der Waals surface area contributed by atoms with Crippen LogP contribution >= 0.6 is 23.4 Å². The molecule has 0 aliphatic heterocycles. The topological polar surface area (TPSA) is 72.2 Å². The Balaban J connectivity index is 2.75. The second-order valence-corrected chi connectivity index (χ2v) is 7.70. The van der Waals surface area contributed by atoms with Crippen LogP contribution in [0, 0.1) is 0 Å². The lowest BCUT2D eigenvalue weighted by molar-refractivity contribution is 0.557. The van der Waals surface area contributed by atoms with Crippen molar-refractivity contribution in [3.8, 4) is 0 Å². The monoisotopic (exact) mass is 322 g/mol. The maximum atomic E-state index is 12.2. The van der Waals surface area contributed by atoms with E-state index < -0.39 is 10.0 Å². The maximum Gasteiger partial charge on any atom is 0.242 e. The van der Waals surface area contributed by atoms with Gasteiger partial charge in [0.1, 0.15) is 4.90 Å². The van der Waals surface area contributed by atoms with Crippen LogP contribution in [0.5, 0.6) is 0 Å². The molecule has 0 bridgehead atoms. The number of benzene rings is 1. The van der Waals surface area contributed by atoms with Crippen molar-refractivity contribution in [2.75, 3.05) is 17.2 Å². The largest absolute Gasteiger partial charge is 0.398 e. The summed E-state index contributed by atoms with van der Waals surface area (Å²) >= 11 is 7.55. The molecule has 0 radical (unpaired) electrons. The predicted octanol–water partition coefficient (Wildman–Crippen LogP) is 2.73. The SMILES string of the molecule is CCSCCC(C)NS(=O)(=O)c1ccc(Cl)cc1N. The Labute approximate surface area is 124 Å². The number of nitrogens with one attached hydrogen (secondary N) is 1. The third-order valence-electron chi connectivity index (χ3n) is 2.52. The molecule has 1 rings (SSSR count). The normalized spacial score (nSPS) is 13.4. The zero-order valence-electron chi connectivity index (χ0n) is 11.0. The highest BCUT2D eigenvalue weighted by atomic mass is 35.5. The second-order valence-electron chi connectivity index (χ2n) is 4.19. The maximum absolute atomic E-state index is 12.2. The van der Waals surface area contributed by atoms with Gasteiger partial charge in [0.05, 0.1) is 5.69 Å². The molecule has 0 saturated heterocycles. The number of halogens is 1. The molecule has 1 aromatic carbocycles. The van der Waals surface area contributed by atoms with Crippen LogP contribution in [0.1, 0.15) is 20.3 Å². The molecular formula is C12H19ClN2O2S2. The van der Waals surface area contributed by atoms with Gasteiger partial charge in [-0.1, -0.05) is 18.5 Å². The van der Waals surface area contributed by atoms with Gasteiger partial charge >= 0.3 is 0 Å². The van der Waals surface area contributed by atoms with Gasteiger partial charge in [-0.3, -0.25) is 0 Å². The Kier molecular flexibility index (Phi) is 6.46. The first-order valence-electron chi connectivity index (χ1n) is 6.02. The zero-order chi connectivity index (χ0) is 14.5. The Hall–Kier alpha value is -0.430. The van der Waals surface area contributed by atoms with Crippen LogP contribution in [0.15, 0.2) is 23.1 Å². The number of thioether (sulfide) groups is 1. The fourth-order valence-electron chi connectivity index (χ4n) is 1.56. The molecule has 19 heavy (non-hydrogen) atoms. The minimum Gasteiger partial charge on any atom is -0.398 e. The summed E-state index contributed by atoms with van der Waals surface area (Å²) in [7, 11) is -3.59. The van der Waals surface area contributed by atoms with Gasteiger partial charge in [0.15, 0.2) is 0 Å². The van der Waals surface area contributed by atoms with E-state index in [1.54, 1.807) is 11.8 Å². The van der Waals surface area contributed by atoms with Crippen molar-refractivity contribution >= 4 is 39.1 Å². The lowest BCUT2D eigenvalue weighted by atomic mass is 10.3. The summed E-state index contributed by atoms with van der Waals surface area (Å²) in [5.41, 5.74) is 5.86. The highest BCUT2D eigenvalue weighted by Gasteiger charge is 2.19. The van der Waals surface area contributed by atoms with E-state index in [1.165, 1.54) is 18.2 Å². The summed E-state index contributed by atoms with van der Waals surface area (Å²) in [4.78, 5) is 0.0758. The standard InChI is InChI=1S/C12H19ClN2O2S2/c1-3-18-7-6-9(2)15-19(16,17)12-5-4-10(13)8-11(12)14/h4-5,8-9,15H,3,6-7,14H2,1-2H3. The van der Waals surface area contributed by atoms with E-state index in [2.05, 4.69) is 11.6 Å². The Morgan fingerprint density at radius 1 is 1.47 bits per heavy atom. The summed E-state index contributed by atoms with van der Waals surface area (Å²) in [6, 6.07) is 4.25. The van der Waals surface area contributed by atoms with Crippen LogP contribution in [0.3, 0.4) is 0 Å². The van der Waals surface area contributed by atoms with Crippen LogP contribution in [-0.4, -0.2) is 26.0 Å². The smallest absolute Gasteiger partial charge is 0.242 e. The lowest BCUT2D eigenvalue weighted by Gasteiger charge is -2.15. The molecule has 0 heterocycles. The molecule has 1 atom stereocenters. The number of sulfonamides is 1. The van der Waals surface area contributed by atoms with Gasteiger partial charge in [0.2, 0.25) is 10.0 Å². The number of hydrogen-bond acceptors (Lipinski definition) is 4. The molecule has 1 unspecified atom stereocenters. The first kappa shape index (κ1) is 16.6. The molecule has 0 saturated carbocycles. The first-order valence-corrected chi connectivity index (χ1v) is 9.03. The number of anilines is 1. The second kappa shape index (κ2) is 7.38. The van der Waals surface area contributed by atoms with Gasteiger partial charge in [-0.05, 0) is 43.0 Å². The molecule has 4 nitrogen and oxygen atoms in total. The van der Waals surface area contributed by atoms with E-state index in [9.17, 15) is 8.42 Å². The van der Waals surface area contributed by atoms with E-state index in [0.717, 1.165) is 17.9 Å². The minimum absolute atomic E-state index is 0.0758. The van der Waals surface area contributed by atoms with Crippen molar-refractivity contribution in [2.45, 2.75) is 31.2 Å². The summed E-state index contributed by atoms with van der Waals surface area (Å²) < 4.78 is 27.0.